The van der Waals surface area contributed by atoms with Crippen LogP contribution in [0.2, 0.25) is 5.02 Å². The monoisotopic (exact) mass is 280 g/mol. The van der Waals surface area contributed by atoms with Gasteiger partial charge in [-0.05, 0) is 49.9 Å². The number of hydrogen-bond donors (Lipinski definition) is 1. The first kappa shape index (κ1) is 14.8. The maximum Gasteiger partial charge on any atom is 0.0409 e. The number of halogens is 1. The highest BCUT2D eigenvalue weighted by Gasteiger charge is 2.40. The van der Waals surface area contributed by atoms with Crippen LogP contribution in [-0.4, -0.2) is 24.0 Å². The molecule has 0 amide bonds. The number of likely N-dealkylation sites (N-methyl/N-ethyl adjacent to an activating group) is 1. The van der Waals surface area contributed by atoms with Gasteiger partial charge in [-0.2, -0.15) is 0 Å². The van der Waals surface area contributed by atoms with Crippen LogP contribution in [0.25, 0.3) is 0 Å². The van der Waals surface area contributed by atoms with Crippen LogP contribution in [0.5, 0.6) is 0 Å². The van der Waals surface area contributed by atoms with Crippen molar-refractivity contribution in [3.8, 4) is 0 Å². The molecule has 1 aliphatic carbocycles. The summed E-state index contributed by atoms with van der Waals surface area (Å²) in [6, 6.07) is 8.13. The maximum absolute atomic E-state index is 6.10. The largest absolute Gasteiger partial charge is 0.329 e. The van der Waals surface area contributed by atoms with E-state index in [0.29, 0.717) is 0 Å². The van der Waals surface area contributed by atoms with Crippen molar-refractivity contribution in [2.75, 3.05) is 13.6 Å². The Hall–Kier alpha value is -0.570. The Labute approximate surface area is 121 Å². The quantitative estimate of drug-likeness (QED) is 0.891. The van der Waals surface area contributed by atoms with E-state index in [-0.39, 0.29) is 5.54 Å². The summed E-state index contributed by atoms with van der Waals surface area (Å²) in [6.07, 6.45) is 5.04. The molecule has 0 heterocycles. The summed E-state index contributed by atoms with van der Waals surface area (Å²) in [6.45, 7) is 3.96. The molecule has 106 valence electrons. The predicted molar refractivity (Wildman–Crippen MR) is 82.3 cm³/mol. The van der Waals surface area contributed by atoms with Gasteiger partial charge in [-0.25, -0.2) is 0 Å². The molecule has 3 heteroatoms. The van der Waals surface area contributed by atoms with Crippen LogP contribution >= 0.6 is 11.6 Å². The molecule has 1 fully saturated rings. The highest BCUT2D eigenvalue weighted by Crippen LogP contribution is 2.39. The van der Waals surface area contributed by atoms with Crippen molar-refractivity contribution in [1.82, 2.24) is 4.90 Å². The number of rotatable bonds is 5. The molecule has 0 radical (unpaired) electrons. The van der Waals surface area contributed by atoms with Gasteiger partial charge in [0.1, 0.15) is 0 Å². The zero-order valence-corrected chi connectivity index (χ0v) is 12.8. The number of hydrogen-bond acceptors (Lipinski definition) is 2. The first-order valence-corrected chi connectivity index (χ1v) is 7.63. The molecule has 2 atom stereocenters. The topological polar surface area (TPSA) is 29.3 Å². The summed E-state index contributed by atoms with van der Waals surface area (Å²) in [5.41, 5.74) is 7.55. The van der Waals surface area contributed by atoms with Gasteiger partial charge < -0.3 is 5.73 Å². The molecule has 2 nitrogen and oxygen atoms in total. The number of nitrogens with two attached hydrogens (primary N) is 1. The molecule has 0 bridgehead atoms. The van der Waals surface area contributed by atoms with Gasteiger partial charge in [-0.1, -0.05) is 37.1 Å². The zero-order valence-electron chi connectivity index (χ0n) is 12.0. The molecule has 1 aliphatic rings. The van der Waals surface area contributed by atoms with Crippen LogP contribution in [-0.2, 0) is 6.54 Å². The Morgan fingerprint density at radius 3 is 2.84 bits per heavy atom. The van der Waals surface area contributed by atoms with Gasteiger partial charge in [0.05, 0.1) is 0 Å². The van der Waals surface area contributed by atoms with Crippen molar-refractivity contribution in [3.63, 3.8) is 0 Å². The van der Waals surface area contributed by atoms with Crippen LogP contribution in [0, 0.1) is 5.92 Å². The Kier molecular flexibility index (Phi) is 4.88. The van der Waals surface area contributed by atoms with Crippen LogP contribution in [0.4, 0.5) is 0 Å². The lowest BCUT2D eigenvalue weighted by molar-refractivity contribution is 0.119. The van der Waals surface area contributed by atoms with Gasteiger partial charge in [0.2, 0.25) is 0 Å². The molecule has 2 rings (SSSR count). The predicted octanol–water partition coefficient (Wildman–Crippen LogP) is 3.68. The van der Waals surface area contributed by atoms with Crippen LogP contribution in [0.15, 0.2) is 24.3 Å². The van der Waals surface area contributed by atoms with E-state index in [1.54, 1.807) is 0 Å². The van der Waals surface area contributed by atoms with Crippen molar-refractivity contribution in [3.05, 3.63) is 34.9 Å². The molecule has 1 aromatic rings. The van der Waals surface area contributed by atoms with E-state index in [4.69, 9.17) is 17.3 Å². The molecule has 1 saturated carbocycles. The number of nitrogens with zero attached hydrogens (tertiary/aromatic N) is 1. The van der Waals surface area contributed by atoms with Gasteiger partial charge >= 0.3 is 0 Å². The van der Waals surface area contributed by atoms with E-state index < -0.39 is 0 Å². The van der Waals surface area contributed by atoms with Crippen molar-refractivity contribution in [2.24, 2.45) is 11.7 Å². The van der Waals surface area contributed by atoms with E-state index >= 15 is 0 Å². The summed E-state index contributed by atoms with van der Waals surface area (Å²) in [7, 11) is 2.20. The van der Waals surface area contributed by atoms with Crippen LogP contribution < -0.4 is 5.73 Å². The third-order valence-corrected chi connectivity index (χ3v) is 5.00. The molecule has 0 saturated heterocycles. The number of benzene rings is 1. The molecule has 0 aliphatic heterocycles. The summed E-state index contributed by atoms with van der Waals surface area (Å²) in [4.78, 5) is 2.44. The van der Waals surface area contributed by atoms with Crippen LogP contribution in [0.3, 0.4) is 0 Å². The molecule has 0 spiro atoms. The summed E-state index contributed by atoms with van der Waals surface area (Å²) < 4.78 is 0. The fraction of sp³-hybridized carbons (Fsp3) is 0.625. The summed E-state index contributed by atoms with van der Waals surface area (Å²) in [5, 5.41) is 0.811. The minimum absolute atomic E-state index is 0.184. The van der Waals surface area contributed by atoms with E-state index in [1.807, 2.05) is 12.1 Å². The standard InChI is InChI=1S/C16H25ClN2/c1-3-13-7-8-16(10-13,12-18)19(2)11-14-5-4-6-15(17)9-14/h4-6,9,13H,3,7-8,10-12,18H2,1-2H3. The Morgan fingerprint density at radius 1 is 1.47 bits per heavy atom. The Bertz CT molecular complexity index is 421. The first-order valence-electron chi connectivity index (χ1n) is 7.25. The van der Waals surface area contributed by atoms with Crippen molar-refractivity contribution >= 4 is 11.6 Å². The van der Waals surface area contributed by atoms with Gasteiger partial charge in [0, 0.05) is 23.7 Å². The van der Waals surface area contributed by atoms with Crippen molar-refractivity contribution in [1.29, 1.82) is 0 Å². The highest BCUT2D eigenvalue weighted by atomic mass is 35.5. The lowest BCUT2D eigenvalue weighted by Gasteiger charge is -2.38. The Balaban J connectivity index is 2.07. The van der Waals surface area contributed by atoms with E-state index in [0.717, 1.165) is 24.0 Å². The average molecular weight is 281 g/mol. The van der Waals surface area contributed by atoms with Gasteiger partial charge in [-0.3, -0.25) is 4.90 Å². The molecule has 2 unspecified atom stereocenters. The van der Waals surface area contributed by atoms with Gasteiger partial charge in [-0.15, -0.1) is 0 Å². The normalized spacial score (nSPS) is 27.1. The summed E-state index contributed by atoms with van der Waals surface area (Å²) >= 11 is 6.06. The zero-order chi connectivity index (χ0) is 13.9. The minimum Gasteiger partial charge on any atom is -0.329 e. The van der Waals surface area contributed by atoms with E-state index in [1.165, 1.54) is 31.2 Å². The fourth-order valence-electron chi connectivity index (χ4n) is 3.33. The molecule has 19 heavy (non-hydrogen) atoms. The lowest BCUT2D eigenvalue weighted by atomic mass is 9.93. The molecule has 0 aromatic heterocycles. The second-order valence-corrected chi connectivity index (χ2v) is 6.37. The molecular formula is C16H25ClN2. The molecule has 2 N–H and O–H groups in total. The third-order valence-electron chi connectivity index (χ3n) is 4.76. The van der Waals surface area contributed by atoms with Crippen molar-refractivity contribution < 1.29 is 0 Å². The molecular weight excluding hydrogens is 256 g/mol. The molecule has 1 aromatic carbocycles. The fourth-order valence-corrected chi connectivity index (χ4v) is 3.54. The third kappa shape index (κ3) is 3.31. The highest BCUT2D eigenvalue weighted by molar-refractivity contribution is 6.30. The Morgan fingerprint density at radius 2 is 2.26 bits per heavy atom. The first-order chi connectivity index (χ1) is 9.09. The van der Waals surface area contributed by atoms with Crippen molar-refractivity contribution in [2.45, 2.75) is 44.7 Å². The maximum atomic E-state index is 6.10. The second-order valence-electron chi connectivity index (χ2n) is 5.93. The smallest absolute Gasteiger partial charge is 0.0409 e. The second kappa shape index (κ2) is 6.25. The summed E-state index contributed by atoms with van der Waals surface area (Å²) in [5.74, 6) is 0.838. The SMILES string of the molecule is CCC1CCC(CN)(N(C)Cc2cccc(Cl)c2)C1. The lowest BCUT2D eigenvalue weighted by Crippen LogP contribution is -2.49. The average Bonchev–Trinajstić information content (AvgIpc) is 2.83. The van der Waals surface area contributed by atoms with Gasteiger partial charge in [0.25, 0.3) is 0 Å². The van der Waals surface area contributed by atoms with Gasteiger partial charge in [0.15, 0.2) is 0 Å². The van der Waals surface area contributed by atoms with E-state index in [2.05, 4.69) is 31.0 Å². The van der Waals surface area contributed by atoms with Crippen LogP contribution in [0.1, 0.15) is 38.2 Å². The minimum atomic E-state index is 0.184. The van der Waals surface area contributed by atoms with E-state index in [9.17, 15) is 0 Å².